The van der Waals surface area contributed by atoms with Crippen LogP contribution >= 0.6 is 0 Å². The molecule has 1 atom stereocenters. The van der Waals surface area contributed by atoms with Crippen LogP contribution in [0.4, 0.5) is 0 Å². The van der Waals surface area contributed by atoms with E-state index in [4.69, 9.17) is 0 Å². The summed E-state index contributed by atoms with van der Waals surface area (Å²) in [6, 6.07) is 11.9. The monoisotopic (exact) mass is 378 g/mol. The minimum atomic E-state index is 0.227. The number of rotatable bonds is 11. The van der Waals surface area contributed by atoms with Crippen LogP contribution in [0.2, 0.25) is 0 Å². The molecule has 0 fully saturated rings. The summed E-state index contributed by atoms with van der Waals surface area (Å²) in [6.45, 7) is 12.1. The van der Waals surface area contributed by atoms with Crippen molar-refractivity contribution in [2.45, 2.75) is 58.3 Å². The molecule has 0 aliphatic carbocycles. The Balaban J connectivity index is 2.57. The van der Waals surface area contributed by atoms with Gasteiger partial charge in [0, 0.05) is 5.92 Å². The van der Waals surface area contributed by atoms with Gasteiger partial charge < -0.3 is 10.2 Å². The molecule has 0 bridgehead atoms. The van der Waals surface area contributed by atoms with Gasteiger partial charge in [0.1, 0.15) is 11.5 Å². The first-order valence-corrected chi connectivity index (χ1v) is 10.4. The zero-order chi connectivity index (χ0) is 20.5. The van der Waals surface area contributed by atoms with Crippen LogP contribution in [0.15, 0.2) is 61.7 Å². The van der Waals surface area contributed by atoms with Gasteiger partial charge >= 0.3 is 0 Å². The second kappa shape index (κ2) is 10.8. The van der Waals surface area contributed by atoms with Crippen molar-refractivity contribution in [2.24, 2.45) is 5.92 Å². The van der Waals surface area contributed by atoms with E-state index in [0.717, 1.165) is 24.0 Å². The number of allylic oxidation sites excluding steroid dienone is 2. The summed E-state index contributed by atoms with van der Waals surface area (Å²) in [6.07, 6.45) is 9.57. The van der Waals surface area contributed by atoms with Crippen LogP contribution in [-0.4, -0.2) is 10.2 Å². The van der Waals surface area contributed by atoms with Crippen molar-refractivity contribution in [3.05, 3.63) is 84.0 Å². The number of unbranched alkanes of at least 4 members (excludes halogenated alkanes) is 1. The summed E-state index contributed by atoms with van der Waals surface area (Å²) in [5.74, 6) is 1.37. The molecule has 2 rings (SSSR count). The van der Waals surface area contributed by atoms with Crippen LogP contribution in [0, 0.1) is 5.92 Å². The van der Waals surface area contributed by atoms with Crippen molar-refractivity contribution < 1.29 is 10.2 Å². The lowest BCUT2D eigenvalue weighted by molar-refractivity contribution is 0.404. The van der Waals surface area contributed by atoms with Gasteiger partial charge in [0.2, 0.25) is 0 Å². The molecule has 0 heterocycles. The van der Waals surface area contributed by atoms with Gasteiger partial charge in [0.05, 0.1) is 0 Å². The van der Waals surface area contributed by atoms with E-state index in [1.165, 1.54) is 24.0 Å². The Morgan fingerprint density at radius 2 is 1.36 bits per heavy atom. The van der Waals surface area contributed by atoms with E-state index < -0.39 is 0 Å². The molecule has 0 radical (unpaired) electrons. The maximum Gasteiger partial charge on any atom is 0.119 e. The largest absolute Gasteiger partial charge is 0.508 e. The first-order valence-electron chi connectivity index (χ1n) is 10.4. The number of benzene rings is 2. The van der Waals surface area contributed by atoms with Crippen LogP contribution in [0.5, 0.6) is 11.5 Å². The van der Waals surface area contributed by atoms with Crippen molar-refractivity contribution in [1.29, 1.82) is 0 Å². The standard InChI is InChI=1S/C26H34O2/c1-5-9-12-19(8-4)26(22-13-15-24(27)20(17-22)10-6-2)23-14-16-25(28)21(18-23)11-7-3/h6-7,13-19,26-28H,2-3,5,8-12H2,1,4H3. The summed E-state index contributed by atoms with van der Waals surface area (Å²) in [4.78, 5) is 0. The highest BCUT2D eigenvalue weighted by molar-refractivity contribution is 5.45. The Morgan fingerprint density at radius 3 is 1.75 bits per heavy atom. The predicted molar refractivity (Wildman–Crippen MR) is 119 cm³/mol. The van der Waals surface area contributed by atoms with Crippen molar-refractivity contribution in [3.63, 3.8) is 0 Å². The molecule has 0 spiro atoms. The molecule has 2 N–H and O–H groups in total. The molecule has 2 nitrogen and oxygen atoms in total. The first kappa shape index (κ1) is 21.8. The molecule has 2 aromatic rings. The number of hydrogen-bond donors (Lipinski definition) is 2. The third kappa shape index (κ3) is 5.28. The summed E-state index contributed by atoms with van der Waals surface area (Å²) in [7, 11) is 0. The van der Waals surface area contributed by atoms with Gasteiger partial charge in [-0.1, -0.05) is 69.5 Å². The quantitative estimate of drug-likeness (QED) is 0.417. The Morgan fingerprint density at radius 1 is 0.857 bits per heavy atom. The molecule has 2 aromatic carbocycles. The molecular formula is C26H34O2. The smallest absolute Gasteiger partial charge is 0.119 e. The lowest BCUT2D eigenvalue weighted by atomic mass is 9.76. The van der Waals surface area contributed by atoms with E-state index in [0.29, 0.717) is 30.3 Å². The number of aromatic hydroxyl groups is 2. The van der Waals surface area contributed by atoms with Crippen molar-refractivity contribution in [3.8, 4) is 11.5 Å². The van der Waals surface area contributed by atoms with Crippen LogP contribution in [0.25, 0.3) is 0 Å². The first-order chi connectivity index (χ1) is 13.5. The van der Waals surface area contributed by atoms with Gasteiger partial charge in [0.15, 0.2) is 0 Å². The third-order valence-corrected chi connectivity index (χ3v) is 5.58. The molecule has 28 heavy (non-hydrogen) atoms. The lowest BCUT2D eigenvalue weighted by Gasteiger charge is -2.28. The van der Waals surface area contributed by atoms with Gasteiger partial charge in [-0.25, -0.2) is 0 Å². The van der Waals surface area contributed by atoms with E-state index in [9.17, 15) is 10.2 Å². The fourth-order valence-electron chi connectivity index (χ4n) is 4.05. The highest BCUT2D eigenvalue weighted by atomic mass is 16.3. The Kier molecular flexibility index (Phi) is 8.38. The van der Waals surface area contributed by atoms with Crippen LogP contribution < -0.4 is 0 Å². The number of phenolic OH excluding ortho intramolecular Hbond substituents is 2. The summed E-state index contributed by atoms with van der Waals surface area (Å²) in [5, 5.41) is 20.4. The van der Waals surface area contributed by atoms with E-state index in [-0.39, 0.29) is 5.92 Å². The highest BCUT2D eigenvalue weighted by Gasteiger charge is 2.25. The average molecular weight is 379 g/mol. The van der Waals surface area contributed by atoms with Crippen LogP contribution in [-0.2, 0) is 12.8 Å². The van der Waals surface area contributed by atoms with Gasteiger partial charge in [-0.05, 0) is 59.6 Å². The van der Waals surface area contributed by atoms with Gasteiger partial charge in [0.25, 0.3) is 0 Å². The maximum atomic E-state index is 10.2. The van der Waals surface area contributed by atoms with E-state index in [2.05, 4.69) is 39.1 Å². The normalized spacial score (nSPS) is 12.1. The number of phenols is 2. The molecule has 0 aliphatic heterocycles. The molecule has 0 saturated carbocycles. The number of hydrogen-bond acceptors (Lipinski definition) is 2. The minimum absolute atomic E-state index is 0.227. The third-order valence-electron chi connectivity index (χ3n) is 5.58. The van der Waals surface area contributed by atoms with Crippen molar-refractivity contribution in [2.75, 3.05) is 0 Å². The summed E-state index contributed by atoms with van der Waals surface area (Å²) < 4.78 is 0. The molecular weight excluding hydrogens is 344 g/mol. The molecule has 0 saturated heterocycles. The molecule has 0 amide bonds. The Labute approximate surface area is 170 Å². The zero-order valence-electron chi connectivity index (χ0n) is 17.3. The van der Waals surface area contributed by atoms with E-state index >= 15 is 0 Å². The second-order valence-electron chi connectivity index (χ2n) is 7.55. The van der Waals surface area contributed by atoms with Crippen LogP contribution in [0.3, 0.4) is 0 Å². The zero-order valence-corrected chi connectivity index (χ0v) is 17.3. The molecule has 2 heteroatoms. The van der Waals surface area contributed by atoms with Gasteiger partial charge in [-0.2, -0.15) is 0 Å². The maximum absolute atomic E-state index is 10.2. The van der Waals surface area contributed by atoms with Gasteiger partial charge in [-0.15, -0.1) is 13.2 Å². The SMILES string of the molecule is C=CCc1cc(C(c2ccc(O)c(CC=C)c2)C(CC)CCCC)ccc1O. The lowest BCUT2D eigenvalue weighted by Crippen LogP contribution is -2.15. The van der Waals surface area contributed by atoms with E-state index in [1.54, 1.807) is 12.1 Å². The topological polar surface area (TPSA) is 40.5 Å². The van der Waals surface area contributed by atoms with Crippen molar-refractivity contribution >= 4 is 0 Å². The average Bonchev–Trinajstić information content (AvgIpc) is 2.69. The molecule has 150 valence electrons. The van der Waals surface area contributed by atoms with Crippen molar-refractivity contribution in [1.82, 2.24) is 0 Å². The summed E-state index contributed by atoms with van der Waals surface area (Å²) in [5.41, 5.74) is 4.25. The fraction of sp³-hybridized carbons (Fsp3) is 0.385. The summed E-state index contributed by atoms with van der Waals surface area (Å²) >= 11 is 0. The fourth-order valence-corrected chi connectivity index (χ4v) is 4.05. The Hall–Kier alpha value is -2.48. The van der Waals surface area contributed by atoms with Crippen LogP contribution in [0.1, 0.15) is 67.7 Å². The Bertz CT molecular complexity index is 732. The minimum Gasteiger partial charge on any atom is -0.508 e. The molecule has 0 aliphatic rings. The van der Waals surface area contributed by atoms with Gasteiger partial charge in [-0.3, -0.25) is 0 Å². The predicted octanol–water partition coefficient (Wildman–Crippen LogP) is 6.90. The molecule has 0 aromatic heterocycles. The highest BCUT2D eigenvalue weighted by Crippen LogP contribution is 2.39. The molecule has 1 unspecified atom stereocenters. The second-order valence-corrected chi connectivity index (χ2v) is 7.55. The van der Waals surface area contributed by atoms with E-state index in [1.807, 2.05) is 24.3 Å².